The molecule has 4 rings (SSSR count). The van der Waals surface area contributed by atoms with Gasteiger partial charge in [0.25, 0.3) is 5.91 Å². The van der Waals surface area contributed by atoms with Crippen molar-refractivity contribution in [1.82, 2.24) is 24.7 Å². The van der Waals surface area contributed by atoms with E-state index in [0.29, 0.717) is 44.7 Å². The Morgan fingerprint density at radius 3 is 2.66 bits per heavy atom. The van der Waals surface area contributed by atoms with Crippen LogP contribution in [0.3, 0.4) is 0 Å². The highest BCUT2D eigenvalue weighted by atomic mass is 16.2. The number of carbonyl (C=O) groups excluding carboxylic acids is 3. The summed E-state index contributed by atoms with van der Waals surface area (Å²) in [4.78, 5) is 50.7. The Morgan fingerprint density at radius 1 is 1.14 bits per heavy atom. The van der Waals surface area contributed by atoms with Gasteiger partial charge in [-0.2, -0.15) is 0 Å². The maximum atomic E-state index is 13.0. The van der Waals surface area contributed by atoms with E-state index in [1.54, 1.807) is 17.3 Å². The van der Waals surface area contributed by atoms with E-state index in [0.717, 1.165) is 17.5 Å². The fourth-order valence-corrected chi connectivity index (χ4v) is 4.25. The lowest BCUT2D eigenvalue weighted by Gasteiger charge is -2.25. The summed E-state index contributed by atoms with van der Waals surface area (Å²) in [6.07, 6.45) is 2.64. The number of likely N-dealkylation sites (tertiary alicyclic amines) is 1. The third kappa shape index (κ3) is 3.83. The number of carbonyl (C=O) groups is 3. The molecule has 0 bridgehead atoms. The van der Waals surface area contributed by atoms with Crippen LogP contribution >= 0.6 is 0 Å². The van der Waals surface area contributed by atoms with Crippen LogP contribution < -0.4 is 0 Å². The first-order valence-electron chi connectivity index (χ1n) is 10.2. The topological polar surface area (TPSA) is 89.6 Å². The molecule has 2 aliphatic rings. The van der Waals surface area contributed by atoms with Crippen molar-refractivity contribution < 1.29 is 14.4 Å². The molecule has 154 valence electrons. The van der Waals surface area contributed by atoms with E-state index in [9.17, 15) is 14.4 Å². The van der Waals surface area contributed by atoms with Crippen LogP contribution in [-0.4, -0.2) is 81.2 Å². The molecule has 2 aromatic rings. The molecule has 1 aromatic carbocycles. The van der Waals surface area contributed by atoms with Crippen LogP contribution in [0.1, 0.15) is 37.0 Å². The summed E-state index contributed by atoms with van der Waals surface area (Å²) in [5, 5.41) is 0. The lowest BCUT2D eigenvalue weighted by atomic mass is 10.1. The monoisotopic (exact) mass is 397 g/mol. The van der Waals surface area contributed by atoms with Crippen LogP contribution in [-0.2, 0) is 9.59 Å². The minimum Gasteiger partial charge on any atom is -0.345 e. The highest BCUT2D eigenvalue weighted by Crippen LogP contribution is 2.23. The van der Waals surface area contributed by atoms with Gasteiger partial charge in [0.15, 0.2) is 0 Å². The molecule has 2 saturated heterocycles. The molecule has 1 unspecified atom stereocenters. The Morgan fingerprint density at radius 2 is 1.90 bits per heavy atom. The Labute approximate surface area is 169 Å². The van der Waals surface area contributed by atoms with Crippen LogP contribution in [0.15, 0.2) is 24.5 Å². The summed E-state index contributed by atoms with van der Waals surface area (Å²) in [5.74, 6) is -0.207. The Balaban J connectivity index is 1.39. The van der Waals surface area contributed by atoms with Gasteiger partial charge in [0.2, 0.25) is 11.8 Å². The van der Waals surface area contributed by atoms with Gasteiger partial charge < -0.3 is 19.7 Å². The number of hydrogen-bond acceptors (Lipinski definition) is 4. The van der Waals surface area contributed by atoms with E-state index in [1.807, 2.05) is 35.8 Å². The minimum absolute atomic E-state index is 0.0298. The van der Waals surface area contributed by atoms with Crippen LogP contribution in [0, 0.1) is 5.92 Å². The van der Waals surface area contributed by atoms with Crippen molar-refractivity contribution in [2.45, 2.75) is 32.7 Å². The van der Waals surface area contributed by atoms with Crippen molar-refractivity contribution in [3.05, 3.63) is 30.1 Å². The predicted molar refractivity (Wildman–Crippen MR) is 108 cm³/mol. The molecule has 0 spiro atoms. The summed E-state index contributed by atoms with van der Waals surface area (Å²) in [5.41, 5.74) is 2.29. The van der Waals surface area contributed by atoms with Gasteiger partial charge in [-0.05, 0) is 38.5 Å². The Hall–Kier alpha value is -2.90. The molecule has 8 heteroatoms. The molecule has 2 aliphatic heterocycles. The fourth-order valence-electron chi connectivity index (χ4n) is 4.25. The lowest BCUT2D eigenvalue weighted by Crippen LogP contribution is -2.41. The molecule has 0 saturated carbocycles. The molecule has 3 heterocycles. The Kier molecular flexibility index (Phi) is 5.25. The SMILES string of the molecule is CC(C)N1CC(C(=O)N2CCCN(C(=O)c3ccc4nc[nH]c4c3)CC2)CC1=O. The maximum absolute atomic E-state index is 13.0. The first kappa shape index (κ1) is 19.4. The zero-order chi connectivity index (χ0) is 20.5. The summed E-state index contributed by atoms with van der Waals surface area (Å²) < 4.78 is 0. The van der Waals surface area contributed by atoms with E-state index in [1.165, 1.54) is 0 Å². The van der Waals surface area contributed by atoms with Crippen LogP contribution in [0.2, 0.25) is 0 Å². The Bertz CT molecular complexity index is 937. The van der Waals surface area contributed by atoms with Crippen molar-refractivity contribution in [2.75, 3.05) is 32.7 Å². The average molecular weight is 397 g/mol. The second-order valence-electron chi connectivity index (χ2n) is 8.15. The van der Waals surface area contributed by atoms with Crippen molar-refractivity contribution in [2.24, 2.45) is 5.92 Å². The quantitative estimate of drug-likeness (QED) is 0.850. The number of benzene rings is 1. The van der Waals surface area contributed by atoms with Gasteiger partial charge in [-0.3, -0.25) is 14.4 Å². The van der Waals surface area contributed by atoms with Gasteiger partial charge in [0.05, 0.1) is 23.3 Å². The summed E-state index contributed by atoms with van der Waals surface area (Å²) in [6.45, 7) is 6.68. The number of hydrogen-bond donors (Lipinski definition) is 1. The third-order valence-corrected chi connectivity index (χ3v) is 5.89. The van der Waals surface area contributed by atoms with E-state index in [4.69, 9.17) is 0 Å². The van der Waals surface area contributed by atoms with Crippen molar-refractivity contribution in [3.8, 4) is 0 Å². The van der Waals surface area contributed by atoms with E-state index in [2.05, 4.69) is 9.97 Å². The molecule has 1 atom stereocenters. The zero-order valence-electron chi connectivity index (χ0n) is 16.9. The third-order valence-electron chi connectivity index (χ3n) is 5.89. The summed E-state index contributed by atoms with van der Waals surface area (Å²) in [7, 11) is 0. The first-order valence-corrected chi connectivity index (χ1v) is 10.2. The number of H-pyrrole nitrogens is 1. The second kappa shape index (κ2) is 7.85. The van der Waals surface area contributed by atoms with Gasteiger partial charge in [0.1, 0.15) is 0 Å². The number of aromatic amines is 1. The molecular formula is C21H27N5O3. The number of nitrogens with one attached hydrogen (secondary N) is 1. The fraction of sp³-hybridized carbons (Fsp3) is 0.524. The average Bonchev–Trinajstić information content (AvgIpc) is 3.25. The van der Waals surface area contributed by atoms with Gasteiger partial charge in [-0.1, -0.05) is 0 Å². The van der Waals surface area contributed by atoms with Gasteiger partial charge in [-0.25, -0.2) is 4.98 Å². The van der Waals surface area contributed by atoms with E-state index >= 15 is 0 Å². The second-order valence-corrected chi connectivity index (χ2v) is 8.15. The normalized spacial score (nSPS) is 20.6. The van der Waals surface area contributed by atoms with Crippen LogP contribution in [0.25, 0.3) is 11.0 Å². The molecule has 1 aromatic heterocycles. The van der Waals surface area contributed by atoms with Crippen molar-refractivity contribution >= 4 is 28.8 Å². The molecule has 1 N–H and O–H groups in total. The molecule has 29 heavy (non-hydrogen) atoms. The highest BCUT2D eigenvalue weighted by Gasteiger charge is 2.38. The molecule has 3 amide bonds. The van der Waals surface area contributed by atoms with Crippen LogP contribution in [0.5, 0.6) is 0 Å². The largest absolute Gasteiger partial charge is 0.345 e. The smallest absolute Gasteiger partial charge is 0.253 e. The maximum Gasteiger partial charge on any atom is 0.253 e. The number of rotatable bonds is 3. The summed E-state index contributed by atoms with van der Waals surface area (Å²) in [6, 6.07) is 5.57. The molecular weight excluding hydrogens is 370 g/mol. The molecule has 0 radical (unpaired) electrons. The standard InChI is InChI=1S/C21H27N5O3/c1-14(2)26-12-16(11-19(26)27)21(29)25-7-3-6-24(8-9-25)20(28)15-4-5-17-18(10-15)23-13-22-17/h4-5,10,13-14,16H,3,6-9,11-12H2,1-2H3,(H,22,23). The predicted octanol–water partition coefficient (Wildman–Crippen LogP) is 1.49. The van der Waals surface area contributed by atoms with E-state index in [-0.39, 0.29) is 29.7 Å². The summed E-state index contributed by atoms with van der Waals surface area (Å²) >= 11 is 0. The highest BCUT2D eigenvalue weighted by molar-refractivity contribution is 5.97. The number of imidazole rings is 1. The van der Waals surface area contributed by atoms with Gasteiger partial charge >= 0.3 is 0 Å². The van der Waals surface area contributed by atoms with Gasteiger partial charge in [0, 0.05) is 50.7 Å². The molecule has 2 fully saturated rings. The van der Waals surface area contributed by atoms with Crippen molar-refractivity contribution in [3.63, 3.8) is 0 Å². The lowest BCUT2D eigenvalue weighted by molar-refractivity contribution is -0.135. The zero-order valence-corrected chi connectivity index (χ0v) is 16.9. The minimum atomic E-state index is -0.269. The van der Waals surface area contributed by atoms with Crippen molar-refractivity contribution in [1.29, 1.82) is 0 Å². The first-order chi connectivity index (χ1) is 13.9. The number of aromatic nitrogens is 2. The van der Waals surface area contributed by atoms with Gasteiger partial charge in [-0.15, -0.1) is 0 Å². The molecule has 0 aliphatic carbocycles. The number of fused-ring (bicyclic) bond motifs is 1. The molecule has 8 nitrogen and oxygen atoms in total. The van der Waals surface area contributed by atoms with E-state index < -0.39 is 0 Å². The van der Waals surface area contributed by atoms with Crippen LogP contribution in [0.4, 0.5) is 0 Å². The number of amides is 3. The number of nitrogens with zero attached hydrogens (tertiary/aromatic N) is 4.